The Hall–Kier alpha value is -1.02. The lowest BCUT2D eigenvalue weighted by atomic mass is 9.71. The van der Waals surface area contributed by atoms with Crippen LogP contribution < -0.4 is 11.1 Å². The minimum absolute atomic E-state index is 0.556. The average molecular weight is 329 g/mol. The van der Waals surface area contributed by atoms with Crippen molar-refractivity contribution in [2.24, 2.45) is 17.1 Å². The molecule has 2 nitrogen and oxygen atoms in total. The van der Waals surface area contributed by atoms with Gasteiger partial charge in [-0.2, -0.15) is 0 Å². The van der Waals surface area contributed by atoms with Crippen LogP contribution in [0, 0.1) is 11.3 Å². The van der Waals surface area contributed by atoms with Crippen LogP contribution in [0.25, 0.3) is 0 Å². The van der Waals surface area contributed by atoms with Crippen LogP contribution in [0.15, 0.2) is 24.3 Å². The van der Waals surface area contributed by atoms with Crippen molar-refractivity contribution in [3.63, 3.8) is 0 Å². The predicted octanol–water partition coefficient (Wildman–Crippen LogP) is 5.69. The fraction of sp³-hybridized carbons (Fsp3) is 0.727. The molecule has 0 aliphatic heterocycles. The molecule has 0 bridgehead atoms. The Balaban J connectivity index is 1.49. The second kappa shape index (κ2) is 7.91. The minimum Gasteiger partial charge on any atom is -0.382 e. The molecule has 2 heteroatoms. The average Bonchev–Trinajstić information content (AvgIpc) is 2.58. The molecular formula is C22H36N2. The molecule has 0 spiro atoms. The van der Waals surface area contributed by atoms with Crippen LogP contribution in [-0.2, 0) is 0 Å². The number of rotatable bonds is 5. The summed E-state index contributed by atoms with van der Waals surface area (Å²) in [5.74, 6) is 1.64. The number of hydrogen-bond acceptors (Lipinski definition) is 2. The zero-order chi connectivity index (χ0) is 17.0. The lowest BCUT2D eigenvalue weighted by Crippen LogP contribution is -2.27. The third kappa shape index (κ3) is 4.75. The van der Waals surface area contributed by atoms with Gasteiger partial charge in [-0.25, -0.2) is 0 Å². The molecule has 2 aliphatic rings. The maximum absolute atomic E-state index is 5.69. The number of nitrogens with one attached hydrogen (secondary N) is 1. The van der Waals surface area contributed by atoms with E-state index in [4.69, 9.17) is 5.73 Å². The van der Waals surface area contributed by atoms with Crippen LogP contribution >= 0.6 is 0 Å². The smallest absolute Gasteiger partial charge is 0.0342 e. The van der Waals surface area contributed by atoms with E-state index in [1.165, 1.54) is 63.5 Å². The molecule has 3 N–H and O–H groups in total. The van der Waals surface area contributed by atoms with E-state index >= 15 is 0 Å². The predicted molar refractivity (Wildman–Crippen MR) is 104 cm³/mol. The quantitative estimate of drug-likeness (QED) is 0.728. The first kappa shape index (κ1) is 17.8. The van der Waals surface area contributed by atoms with Crippen LogP contribution in [0.5, 0.6) is 0 Å². The third-order valence-corrected chi connectivity index (χ3v) is 6.51. The number of anilines is 1. The highest BCUT2D eigenvalue weighted by Crippen LogP contribution is 2.42. The maximum atomic E-state index is 5.69. The molecule has 2 saturated carbocycles. The lowest BCUT2D eigenvalue weighted by molar-refractivity contribution is 0.224. The normalized spacial score (nSPS) is 27.8. The molecule has 134 valence electrons. The maximum Gasteiger partial charge on any atom is 0.0342 e. The highest BCUT2D eigenvalue weighted by Gasteiger charge is 2.27. The molecule has 1 aromatic rings. The Bertz CT molecular complexity index is 487. The Kier molecular flexibility index (Phi) is 5.86. The molecule has 0 heterocycles. The standard InChI is InChI=1S/C22H36N2/c1-22(2)14-11-19(12-15-22)18-5-9-21(10-6-18)24-20-7-3-17(4-8-20)13-16-23/h5-6,9-10,17,19-20,24H,3-4,7-8,11-16,23H2,1-2H3. The summed E-state index contributed by atoms with van der Waals surface area (Å²) in [6.45, 7) is 5.68. The third-order valence-electron chi connectivity index (χ3n) is 6.51. The van der Waals surface area contributed by atoms with Gasteiger partial charge in [0.2, 0.25) is 0 Å². The van der Waals surface area contributed by atoms with E-state index in [2.05, 4.69) is 43.4 Å². The van der Waals surface area contributed by atoms with Crippen molar-refractivity contribution in [3.05, 3.63) is 29.8 Å². The van der Waals surface area contributed by atoms with Gasteiger partial charge < -0.3 is 11.1 Å². The first-order chi connectivity index (χ1) is 11.6. The summed E-state index contributed by atoms with van der Waals surface area (Å²) < 4.78 is 0. The Morgan fingerprint density at radius 3 is 2.17 bits per heavy atom. The van der Waals surface area contributed by atoms with Crippen LogP contribution in [0.4, 0.5) is 5.69 Å². The van der Waals surface area contributed by atoms with Gasteiger partial charge in [-0.1, -0.05) is 26.0 Å². The van der Waals surface area contributed by atoms with Crippen LogP contribution in [0.2, 0.25) is 0 Å². The fourth-order valence-corrected chi connectivity index (χ4v) is 4.65. The van der Waals surface area contributed by atoms with Crippen molar-refractivity contribution in [2.45, 2.75) is 83.6 Å². The van der Waals surface area contributed by atoms with Crippen LogP contribution in [-0.4, -0.2) is 12.6 Å². The Labute approximate surface area is 148 Å². The van der Waals surface area contributed by atoms with E-state index < -0.39 is 0 Å². The summed E-state index contributed by atoms with van der Waals surface area (Å²) in [6.07, 6.45) is 11.9. The highest BCUT2D eigenvalue weighted by molar-refractivity contribution is 5.46. The monoisotopic (exact) mass is 328 g/mol. The van der Waals surface area contributed by atoms with Gasteiger partial charge >= 0.3 is 0 Å². The van der Waals surface area contributed by atoms with Gasteiger partial charge in [0.15, 0.2) is 0 Å². The first-order valence-electron chi connectivity index (χ1n) is 10.1. The SMILES string of the molecule is CC1(C)CCC(c2ccc(NC3CCC(CCN)CC3)cc2)CC1. The van der Waals surface area contributed by atoms with Gasteiger partial charge in [-0.3, -0.25) is 0 Å². The second-order valence-electron chi connectivity index (χ2n) is 9.00. The summed E-state index contributed by atoms with van der Waals surface area (Å²) in [5, 5.41) is 3.76. The molecule has 0 radical (unpaired) electrons. The number of hydrogen-bond donors (Lipinski definition) is 2. The van der Waals surface area contributed by atoms with Gasteiger partial charge in [0, 0.05) is 11.7 Å². The van der Waals surface area contributed by atoms with Crippen molar-refractivity contribution < 1.29 is 0 Å². The van der Waals surface area contributed by atoms with Gasteiger partial charge in [-0.05, 0) is 99.3 Å². The zero-order valence-corrected chi connectivity index (χ0v) is 15.7. The van der Waals surface area contributed by atoms with Gasteiger partial charge in [0.1, 0.15) is 0 Å². The summed E-state index contributed by atoms with van der Waals surface area (Å²) in [6, 6.07) is 10.00. The zero-order valence-electron chi connectivity index (χ0n) is 15.7. The van der Waals surface area contributed by atoms with Crippen molar-refractivity contribution in [1.82, 2.24) is 0 Å². The molecular weight excluding hydrogens is 292 g/mol. The van der Waals surface area contributed by atoms with Crippen molar-refractivity contribution >= 4 is 5.69 Å². The van der Waals surface area contributed by atoms with Crippen molar-refractivity contribution in [1.29, 1.82) is 0 Å². The first-order valence-corrected chi connectivity index (χ1v) is 10.1. The summed E-state index contributed by atoms with van der Waals surface area (Å²) in [5.41, 5.74) is 9.10. The molecule has 3 rings (SSSR count). The van der Waals surface area contributed by atoms with Crippen LogP contribution in [0.1, 0.15) is 83.1 Å². The number of nitrogens with two attached hydrogens (primary N) is 1. The topological polar surface area (TPSA) is 38.0 Å². The van der Waals surface area contributed by atoms with Gasteiger partial charge in [0.25, 0.3) is 0 Å². The van der Waals surface area contributed by atoms with E-state index in [1.807, 2.05) is 0 Å². The molecule has 0 atom stereocenters. The van der Waals surface area contributed by atoms with Gasteiger partial charge in [-0.15, -0.1) is 0 Å². The minimum atomic E-state index is 0.556. The Morgan fingerprint density at radius 1 is 0.958 bits per heavy atom. The molecule has 24 heavy (non-hydrogen) atoms. The molecule has 1 aromatic carbocycles. The highest BCUT2D eigenvalue weighted by atomic mass is 14.9. The van der Waals surface area contributed by atoms with E-state index in [0.29, 0.717) is 11.5 Å². The fourth-order valence-electron chi connectivity index (χ4n) is 4.65. The molecule has 0 aromatic heterocycles. The molecule has 2 fully saturated rings. The Morgan fingerprint density at radius 2 is 1.58 bits per heavy atom. The van der Waals surface area contributed by atoms with E-state index in [9.17, 15) is 0 Å². The summed E-state index contributed by atoms with van der Waals surface area (Å²) >= 11 is 0. The van der Waals surface area contributed by atoms with E-state index in [1.54, 1.807) is 5.56 Å². The van der Waals surface area contributed by atoms with E-state index in [0.717, 1.165) is 18.4 Å². The summed E-state index contributed by atoms with van der Waals surface area (Å²) in [4.78, 5) is 0. The van der Waals surface area contributed by atoms with Gasteiger partial charge in [0.05, 0.1) is 0 Å². The summed E-state index contributed by atoms with van der Waals surface area (Å²) in [7, 11) is 0. The van der Waals surface area contributed by atoms with Crippen molar-refractivity contribution in [3.8, 4) is 0 Å². The van der Waals surface area contributed by atoms with Crippen molar-refractivity contribution in [2.75, 3.05) is 11.9 Å². The molecule has 2 aliphatic carbocycles. The largest absolute Gasteiger partial charge is 0.382 e. The number of benzene rings is 1. The van der Waals surface area contributed by atoms with Crippen LogP contribution in [0.3, 0.4) is 0 Å². The second-order valence-corrected chi connectivity index (χ2v) is 9.00. The molecule has 0 unspecified atom stereocenters. The molecule has 0 amide bonds. The van der Waals surface area contributed by atoms with E-state index in [-0.39, 0.29) is 0 Å². The lowest BCUT2D eigenvalue weighted by Gasteiger charge is -2.34. The molecule has 0 saturated heterocycles.